The van der Waals surface area contributed by atoms with Crippen molar-refractivity contribution in [2.45, 2.75) is 25.3 Å². The number of nitrogens with one attached hydrogen (secondary N) is 2. The number of benzene rings is 1. The van der Waals surface area contributed by atoms with Gasteiger partial charge in [-0.2, -0.15) is 0 Å². The van der Waals surface area contributed by atoms with Crippen LogP contribution >= 0.6 is 0 Å². The number of hydrogen-bond acceptors (Lipinski definition) is 3. The molecule has 0 heterocycles. The first-order chi connectivity index (χ1) is 8.93. The predicted molar refractivity (Wildman–Crippen MR) is 73.2 cm³/mol. The van der Waals surface area contributed by atoms with E-state index in [0.717, 1.165) is 12.0 Å². The lowest BCUT2D eigenvalue weighted by Crippen LogP contribution is -2.36. The highest BCUT2D eigenvalue weighted by Crippen LogP contribution is 2.39. The van der Waals surface area contributed by atoms with E-state index in [-0.39, 0.29) is 6.04 Å². The minimum Gasteiger partial charge on any atom is -0.348 e. The van der Waals surface area contributed by atoms with E-state index in [0.29, 0.717) is 5.92 Å². The first-order valence-electron chi connectivity index (χ1n) is 6.22. The molecule has 19 heavy (non-hydrogen) atoms. The van der Waals surface area contributed by atoms with E-state index >= 15 is 0 Å². The highest BCUT2D eigenvalue weighted by Gasteiger charge is 2.29. The molecule has 0 unspecified atom stereocenters. The fourth-order valence-corrected chi connectivity index (χ4v) is 3.07. The Labute approximate surface area is 113 Å². The molecular formula is C13H18N2O3S. The van der Waals surface area contributed by atoms with Crippen molar-refractivity contribution < 1.29 is 13.2 Å². The SMILES string of the molecule is CNS(=O)(=O)CC(=O)N[C@H]1C[C@@H](C)c2ccccc21. The Bertz CT molecular complexity index is 583. The molecule has 1 aromatic carbocycles. The lowest BCUT2D eigenvalue weighted by atomic mass is 10.0. The lowest BCUT2D eigenvalue weighted by Gasteiger charge is -2.14. The lowest BCUT2D eigenvalue weighted by molar-refractivity contribution is -0.119. The average Bonchev–Trinajstić information content (AvgIpc) is 2.66. The summed E-state index contributed by atoms with van der Waals surface area (Å²) in [4.78, 5) is 11.8. The van der Waals surface area contributed by atoms with E-state index in [4.69, 9.17) is 0 Å². The number of sulfonamides is 1. The summed E-state index contributed by atoms with van der Waals surface area (Å²) in [5.41, 5.74) is 2.31. The maximum Gasteiger partial charge on any atom is 0.237 e. The van der Waals surface area contributed by atoms with Gasteiger partial charge in [-0.3, -0.25) is 4.79 Å². The zero-order valence-corrected chi connectivity index (χ0v) is 11.8. The fourth-order valence-electron chi connectivity index (χ4n) is 2.50. The fraction of sp³-hybridized carbons (Fsp3) is 0.462. The van der Waals surface area contributed by atoms with Crippen molar-refractivity contribution >= 4 is 15.9 Å². The van der Waals surface area contributed by atoms with Crippen molar-refractivity contribution in [3.63, 3.8) is 0 Å². The van der Waals surface area contributed by atoms with E-state index in [1.165, 1.54) is 12.6 Å². The van der Waals surface area contributed by atoms with Gasteiger partial charge in [0.25, 0.3) is 0 Å². The van der Waals surface area contributed by atoms with E-state index in [1.54, 1.807) is 0 Å². The zero-order chi connectivity index (χ0) is 14.0. The normalized spacial score (nSPS) is 22.0. The molecule has 1 amide bonds. The summed E-state index contributed by atoms with van der Waals surface area (Å²) < 4.78 is 24.8. The molecule has 0 fully saturated rings. The van der Waals surface area contributed by atoms with Crippen LogP contribution in [0.1, 0.15) is 36.4 Å². The van der Waals surface area contributed by atoms with E-state index in [2.05, 4.69) is 23.0 Å². The standard InChI is InChI=1S/C13H18N2O3S/c1-9-7-12(11-6-4-3-5-10(9)11)15-13(16)8-19(17,18)14-2/h3-6,9,12,14H,7-8H2,1-2H3,(H,15,16)/t9-,12+/m1/s1. The predicted octanol–water partition coefficient (Wildman–Crippen LogP) is 0.900. The van der Waals surface area contributed by atoms with Crippen LogP contribution in [0, 0.1) is 0 Å². The molecule has 2 rings (SSSR count). The van der Waals surface area contributed by atoms with Crippen LogP contribution in [0.2, 0.25) is 0 Å². The number of amides is 1. The molecule has 1 aliphatic rings. The van der Waals surface area contributed by atoms with Crippen molar-refractivity contribution in [1.82, 2.24) is 10.0 Å². The number of carbonyl (C=O) groups is 1. The molecule has 0 aromatic heterocycles. The third kappa shape index (κ3) is 3.13. The third-order valence-electron chi connectivity index (χ3n) is 3.46. The molecular weight excluding hydrogens is 264 g/mol. The van der Waals surface area contributed by atoms with Gasteiger partial charge in [0.15, 0.2) is 0 Å². The first-order valence-corrected chi connectivity index (χ1v) is 7.87. The smallest absolute Gasteiger partial charge is 0.237 e. The molecule has 0 bridgehead atoms. The quantitative estimate of drug-likeness (QED) is 0.861. The Hall–Kier alpha value is -1.40. The van der Waals surface area contributed by atoms with Gasteiger partial charge >= 0.3 is 0 Å². The van der Waals surface area contributed by atoms with Gasteiger partial charge in [0.05, 0.1) is 6.04 Å². The minimum atomic E-state index is -3.51. The molecule has 6 heteroatoms. The Morgan fingerprint density at radius 3 is 2.58 bits per heavy atom. The molecule has 104 valence electrons. The summed E-state index contributed by atoms with van der Waals surface area (Å²) in [5, 5.41) is 2.80. The number of hydrogen-bond donors (Lipinski definition) is 2. The first kappa shape index (κ1) is 14.0. The van der Waals surface area contributed by atoms with Crippen molar-refractivity contribution in [1.29, 1.82) is 0 Å². The van der Waals surface area contributed by atoms with Crippen LogP contribution in [0.5, 0.6) is 0 Å². The maximum atomic E-state index is 11.8. The zero-order valence-electron chi connectivity index (χ0n) is 11.0. The summed E-state index contributed by atoms with van der Waals surface area (Å²) >= 11 is 0. The van der Waals surface area contributed by atoms with E-state index in [1.807, 2.05) is 18.2 Å². The number of carbonyl (C=O) groups excluding carboxylic acids is 1. The third-order valence-corrected chi connectivity index (χ3v) is 4.72. The van der Waals surface area contributed by atoms with E-state index < -0.39 is 21.7 Å². The van der Waals surface area contributed by atoms with Gasteiger partial charge in [0.1, 0.15) is 5.75 Å². The van der Waals surface area contributed by atoms with Gasteiger partial charge in [-0.1, -0.05) is 31.2 Å². The summed E-state index contributed by atoms with van der Waals surface area (Å²) in [6.07, 6.45) is 0.810. The molecule has 2 N–H and O–H groups in total. The van der Waals surface area contributed by atoms with Gasteiger partial charge in [-0.05, 0) is 30.5 Å². The van der Waals surface area contributed by atoms with Crippen LogP contribution in [0.4, 0.5) is 0 Å². The monoisotopic (exact) mass is 282 g/mol. The van der Waals surface area contributed by atoms with Crippen LogP contribution in [0.25, 0.3) is 0 Å². The highest BCUT2D eigenvalue weighted by atomic mass is 32.2. The van der Waals surface area contributed by atoms with Crippen molar-refractivity contribution in [2.24, 2.45) is 0 Å². The Morgan fingerprint density at radius 2 is 1.95 bits per heavy atom. The summed E-state index contributed by atoms with van der Waals surface area (Å²) in [6.45, 7) is 2.11. The van der Waals surface area contributed by atoms with Crippen LogP contribution in [-0.2, 0) is 14.8 Å². The van der Waals surface area contributed by atoms with Crippen LogP contribution in [0.15, 0.2) is 24.3 Å². The van der Waals surface area contributed by atoms with Gasteiger partial charge < -0.3 is 5.32 Å². The van der Waals surface area contributed by atoms with Crippen LogP contribution in [0.3, 0.4) is 0 Å². The van der Waals surface area contributed by atoms with Crippen LogP contribution < -0.4 is 10.0 Å². The van der Waals surface area contributed by atoms with Crippen LogP contribution in [-0.4, -0.2) is 27.1 Å². The molecule has 0 spiro atoms. The second kappa shape index (κ2) is 5.30. The highest BCUT2D eigenvalue weighted by molar-refractivity contribution is 7.90. The molecule has 0 saturated carbocycles. The summed E-state index contributed by atoms with van der Waals surface area (Å²) in [7, 11) is -2.21. The van der Waals surface area contributed by atoms with Gasteiger partial charge in [0.2, 0.25) is 15.9 Å². The second-order valence-corrected chi connectivity index (χ2v) is 6.78. The molecule has 1 aromatic rings. The Morgan fingerprint density at radius 1 is 1.32 bits per heavy atom. The number of fused-ring (bicyclic) bond motifs is 1. The Balaban J connectivity index is 2.08. The molecule has 5 nitrogen and oxygen atoms in total. The molecule has 0 saturated heterocycles. The topological polar surface area (TPSA) is 75.3 Å². The molecule has 1 aliphatic carbocycles. The van der Waals surface area contributed by atoms with Crippen molar-refractivity contribution in [3.05, 3.63) is 35.4 Å². The van der Waals surface area contributed by atoms with Gasteiger partial charge in [-0.15, -0.1) is 0 Å². The maximum absolute atomic E-state index is 11.8. The molecule has 0 radical (unpaired) electrons. The molecule has 0 aliphatic heterocycles. The van der Waals surface area contributed by atoms with E-state index in [9.17, 15) is 13.2 Å². The van der Waals surface area contributed by atoms with Gasteiger partial charge in [-0.25, -0.2) is 13.1 Å². The number of rotatable bonds is 4. The average molecular weight is 282 g/mol. The van der Waals surface area contributed by atoms with Crippen molar-refractivity contribution in [2.75, 3.05) is 12.8 Å². The molecule has 2 atom stereocenters. The largest absolute Gasteiger partial charge is 0.348 e. The second-order valence-electron chi connectivity index (χ2n) is 4.85. The van der Waals surface area contributed by atoms with Crippen molar-refractivity contribution in [3.8, 4) is 0 Å². The summed E-state index contributed by atoms with van der Waals surface area (Å²) in [6, 6.07) is 7.85. The Kier molecular flexibility index (Phi) is 3.91. The minimum absolute atomic E-state index is 0.0919. The summed E-state index contributed by atoms with van der Waals surface area (Å²) in [5.74, 6) is -0.623. The van der Waals surface area contributed by atoms with Gasteiger partial charge in [0, 0.05) is 0 Å².